The first kappa shape index (κ1) is 21.3. The Morgan fingerprint density at radius 2 is 1.67 bits per heavy atom. The molecule has 6 heteroatoms. The first-order chi connectivity index (χ1) is 14.4. The lowest BCUT2D eigenvalue weighted by atomic mass is 9.97. The van der Waals surface area contributed by atoms with Crippen LogP contribution in [0.15, 0.2) is 65.1 Å². The van der Waals surface area contributed by atoms with Crippen molar-refractivity contribution in [3.63, 3.8) is 0 Å². The van der Waals surface area contributed by atoms with Gasteiger partial charge in [0.25, 0.3) is 5.91 Å². The van der Waals surface area contributed by atoms with Gasteiger partial charge in [0.1, 0.15) is 5.76 Å². The number of nitrogens with one attached hydrogen (secondary N) is 1. The Bertz CT molecular complexity index is 981. The molecular weight excluding hydrogens is 380 g/mol. The van der Waals surface area contributed by atoms with Gasteiger partial charge < -0.3 is 14.5 Å². The van der Waals surface area contributed by atoms with Crippen LogP contribution in [0.4, 0.5) is 0 Å². The van der Waals surface area contributed by atoms with Crippen molar-refractivity contribution in [1.29, 1.82) is 0 Å². The molecule has 2 aromatic carbocycles. The second-order valence-corrected chi connectivity index (χ2v) is 7.53. The zero-order valence-corrected chi connectivity index (χ0v) is 17.4. The lowest BCUT2D eigenvalue weighted by Crippen LogP contribution is -2.33. The molecule has 1 N–H and O–H groups in total. The van der Waals surface area contributed by atoms with Crippen molar-refractivity contribution in [2.45, 2.75) is 33.2 Å². The van der Waals surface area contributed by atoms with Crippen molar-refractivity contribution in [1.82, 2.24) is 10.3 Å². The van der Waals surface area contributed by atoms with E-state index in [2.05, 4.69) is 24.1 Å². The molecule has 0 saturated carbocycles. The Morgan fingerprint density at radius 3 is 2.30 bits per heavy atom. The fraction of sp³-hybridized carbons (Fsp3) is 0.292. The van der Waals surface area contributed by atoms with E-state index in [1.807, 2.05) is 60.7 Å². The molecule has 0 aliphatic rings. The third-order valence-electron chi connectivity index (χ3n) is 4.59. The number of carbonyl (C=O) groups is 2. The van der Waals surface area contributed by atoms with Gasteiger partial charge in [0, 0.05) is 5.56 Å². The topological polar surface area (TPSA) is 81.4 Å². The molecule has 30 heavy (non-hydrogen) atoms. The normalized spacial score (nSPS) is 11.9. The molecule has 1 aromatic heterocycles. The first-order valence-corrected chi connectivity index (χ1v) is 9.98. The number of hydrogen-bond donors (Lipinski definition) is 1. The number of aromatic nitrogens is 1. The molecule has 1 heterocycles. The highest BCUT2D eigenvalue weighted by Crippen LogP contribution is 2.22. The predicted molar refractivity (Wildman–Crippen MR) is 114 cm³/mol. The molecule has 0 unspecified atom stereocenters. The number of benzene rings is 2. The van der Waals surface area contributed by atoms with Gasteiger partial charge in [-0.1, -0.05) is 62.4 Å². The summed E-state index contributed by atoms with van der Waals surface area (Å²) < 4.78 is 10.8. The van der Waals surface area contributed by atoms with Gasteiger partial charge in [-0.05, 0) is 37.0 Å². The van der Waals surface area contributed by atoms with Crippen molar-refractivity contribution in [3.05, 3.63) is 77.7 Å². The van der Waals surface area contributed by atoms with Crippen LogP contribution in [0, 0.1) is 12.8 Å². The molecule has 0 spiro atoms. The Kier molecular flexibility index (Phi) is 7.01. The van der Waals surface area contributed by atoms with Gasteiger partial charge in [-0.15, -0.1) is 0 Å². The van der Waals surface area contributed by atoms with E-state index in [-0.39, 0.29) is 24.2 Å². The molecule has 6 nitrogen and oxygen atoms in total. The van der Waals surface area contributed by atoms with Crippen molar-refractivity contribution in [2.75, 3.05) is 6.61 Å². The zero-order valence-electron chi connectivity index (χ0n) is 17.4. The fourth-order valence-corrected chi connectivity index (χ4v) is 3.16. The van der Waals surface area contributed by atoms with Gasteiger partial charge in [-0.25, -0.2) is 9.78 Å². The Hall–Kier alpha value is -3.41. The van der Waals surface area contributed by atoms with E-state index in [1.54, 1.807) is 6.92 Å². The number of rotatable bonds is 8. The molecule has 3 rings (SSSR count). The van der Waals surface area contributed by atoms with Crippen LogP contribution < -0.4 is 5.32 Å². The molecule has 1 amide bonds. The SMILES string of the molecule is Cc1oc(-c2ccccc2)nc1C(=O)OCC(=O)N[C@@H](CC(C)C)c1ccccc1. The number of ether oxygens (including phenoxy) is 1. The van der Waals surface area contributed by atoms with Crippen LogP contribution in [-0.2, 0) is 9.53 Å². The van der Waals surface area contributed by atoms with Crippen molar-refractivity contribution >= 4 is 11.9 Å². The van der Waals surface area contributed by atoms with Crippen LogP contribution in [0.1, 0.15) is 48.1 Å². The molecule has 0 bridgehead atoms. The lowest BCUT2D eigenvalue weighted by molar-refractivity contribution is -0.125. The molecule has 0 aliphatic heterocycles. The van der Waals surface area contributed by atoms with Crippen molar-refractivity contribution in [2.24, 2.45) is 5.92 Å². The average Bonchev–Trinajstić information content (AvgIpc) is 3.14. The van der Waals surface area contributed by atoms with Gasteiger partial charge in [0.15, 0.2) is 12.3 Å². The smallest absolute Gasteiger partial charge is 0.361 e. The van der Waals surface area contributed by atoms with E-state index in [4.69, 9.17) is 9.15 Å². The summed E-state index contributed by atoms with van der Waals surface area (Å²) in [7, 11) is 0. The number of esters is 1. The molecule has 0 radical (unpaired) electrons. The average molecular weight is 406 g/mol. The fourth-order valence-electron chi connectivity index (χ4n) is 3.16. The van der Waals surface area contributed by atoms with E-state index in [0.717, 1.165) is 17.5 Å². The third-order valence-corrected chi connectivity index (χ3v) is 4.59. The number of hydrogen-bond acceptors (Lipinski definition) is 5. The summed E-state index contributed by atoms with van der Waals surface area (Å²) >= 11 is 0. The van der Waals surface area contributed by atoms with Crippen LogP contribution >= 0.6 is 0 Å². The lowest BCUT2D eigenvalue weighted by Gasteiger charge is -2.21. The minimum atomic E-state index is -0.686. The van der Waals surface area contributed by atoms with Crippen LogP contribution in [0.25, 0.3) is 11.5 Å². The van der Waals surface area contributed by atoms with Gasteiger partial charge in [-0.3, -0.25) is 4.79 Å². The Morgan fingerprint density at radius 1 is 1.03 bits per heavy atom. The van der Waals surface area contributed by atoms with Crippen LogP contribution in [0.5, 0.6) is 0 Å². The minimum absolute atomic E-state index is 0.0726. The van der Waals surface area contributed by atoms with Crippen molar-refractivity contribution < 1.29 is 18.7 Å². The van der Waals surface area contributed by atoms with Gasteiger partial charge in [-0.2, -0.15) is 0 Å². The van der Waals surface area contributed by atoms with Gasteiger partial charge in [0.05, 0.1) is 6.04 Å². The highest BCUT2D eigenvalue weighted by molar-refractivity contribution is 5.91. The van der Waals surface area contributed by atoms with E-state index in [9.17, 15) is 9.59 Å². The first-order valence-electron chi connectivity index (χ1n) is 9.98. The van der Waals surface area contributed by atoms with Gasteiger partial charge in [0.2, 0.25) is 5.89 Å². The maximum atomic E-state index is 12.4. The minimum Gasteiger partial charge on any atom is -0.451 e. The quantitative estimate of drug-likeness (QED) is 0.548. The predicted octanol–water partition coefficient (Wildman–Crippen LogP) is 4.71. The van der Waals surface area contributed by atoms with Crippen LogP contribution in [0.2, 0.25) is 0 Å². The Labute approximate surface area is 176 Å². The molecule has 3 aromatic rings. The molecule has 0 saturated heterocycles. The largest absolute Gasteiger partial charge is 0.451 e. The summed E-state index contributed by atoms with van der Waals surface area (Å²) in [6.45, 7) is 5.46. The maximum Gasteiger partial charge on any atom is 0.361 e. The number of oxazole rings is 1. The standard InChI is InChI=1S/C24H26N2O4/c1-16(2)14-20(18-10-6-4-7-11-18)25-21(27)15-29-24(28)22-17(3)30-23(26-22)19-12-8-5-9-13-19/h4-13,16,20H,14-15H2,1-3H3,(H,25,27)/t20-/m0/s1. The summed E-state index contributed by atoms with van der Waals surface area (Å²) in [5.74, 6) is 0.0371. The summed E-state index contributed by atoms with van der Waals surface area (Å²) in [5.41, 5.74) is 1.85. The number of carbonyl (C=O) groups excluding carboxylic acids is 2. The van der Waals surface area contributed by atoms with Gasteiger partial charge >= 0.3 is 5.97 Å². The number of aryl methyl sites for hydroxylation is 1. The highest BCUT2D eigenvalue weighted by atomic mass is 16.5. The maximum absolute atomic E-state index is 12.4. The molecule has 1 atom stereocenters. The zero-order chi connectivity index (χ0) is 21.5. The van der Waals surface area contributed by atoms with E-state index < -0.39 is 5.97 Å². The molecule has 0 fully saturated rings. The third kappa shape index (κ3) is 5.56. The molecular formula is C24H26N2O4. The monoisotopic (exact) mass is 406 g/mol. The van der Waals surface area contributed by atoms with Crippen LogP contribution in [-0.4, -0.2) is 23.5 Å². The Balaban J connectivity index is 1.61. The van der Waals surface area contributed by atoms with Crippen molar-refractivity contribution in [3.8, 4) is 11.5 Å². The number of nitrogens with zero attached hydrogens (tertiary/aromatic N) is 1. The molecule has 0 aliphatic carbocycles. The van der Waals surface area contributed by atoms with E-state index in [1.165, 1.54) is 0 Å². The molecule has 156 valence electrons. The summed E-state index contributed by atoms with van der Waals surface area (Å²) in [4.78, 5) is 29.1. The van der Waals surface area contributed by atoms with E-state index in [0.29, 0.717) is 17.6 Å². The number of amides is 1. The summed E-state index contributed by atoms with van der Waals surface area (Å²) in [5, 5.41) is 2.96. The summed E-state index contributed by atoms with van der Waals surface area (Å²) in [6, 6.07) is 18.9. The van der Waals surface area contributed by atoms with E-state index >= 15 is 0 Å². The van der Waals surface area contributed by atoms with Crippen LogP contribution in [0.3, 0.4) is 0 Å². The summed E-state index contributed by atoms with van der Waals surface area (Å²) in [6.07, 6.45) is 0.784. The second kappa shape index (κ2) is 9.87. The highest BCUT2D eigenvalue weighted by Gasteiger charge is 2.22. The second-order valence-electron chi connectivity index (χ2n) is 7.53.